The number of rotatable bonds is 5. The van der Waals surface area contributed by atoms with Crippen LogP contribution in [-0.4, -0.2) is 13.0 Å². The van der Waals surface area contributed by atoms with E-state index in [4.69, 9.17) is 10.5 Å². The molecule has 2 rings (SSSR count). The van der Waals surface area contributed by atoms with Crippen LogP contribution in [0.1, 0.15) is 20.8 Å². The van der Waals surface area contributed by atoms with Crippen molar-refractivity contribution in [2.24, 2.45) is 0 Å². The molecule has 0 radical (unpaired) electrons. The Labute approximate surface area is 116 Å². The molecule has 5 heteroatoms. The summed E-state index contributed by atoms with van der Waals surface area (Å²) in [4.78, 5) is 12.5. The van der Waals surface area contributed by atoms with Crippen molar-refractivity contribution in [1.29, 1.82) is 0 Å². The highest BCUT2D eigenvalue weighted by Crippen LogP contribution is 2.18. The molecule has 19 heavy (non-hydrogen) atoms. The van der Waals surface area contributed by atoms with E-state index in [1.54, 1.807) is 13.2 Å². The second-order valence-corrected chi connectivity index (χ2v) is 5.06. The highest BCUT2D eigenvalue weighted by Gasteiger charge is 2.10. The maximum absolute atomic E-state index is 11.9. The third kappa shape index (κ3) is 3.56. The van der Waals surface area contributed by atoms with Gasteiger partial charge in [-0.15, -0.1) is 11.3 Å². The number of carbonyl (C=O) groups excluding carboxylic acids is 1. The standard InChI is InChI=1S/C14H16N2O2S/c1-18-9-11-4-2-3-10(7-11)8-16-14(17)13-12(15)5-6-19-13/h2-7H,8-9,15H2,1H3,(H,16,17). The summed E-state index contributed by atoms with van der Waals surface area (Å²) in [5.74, 6) is -0.135. The zero-order valence-electron chi connectivity index (χ0n) is 10.7. The summed E-state index contributed by atoms with van der Waals surface area (Å²) in [5, 5.41) is 4.67. The highest BCUT2D eigenvalue weighted by molar-refractivity contribution is 7.12. The van der Waals surface area contributed by atoms with E-state index in [-0.39, 0.29) is 5.91 Å². The number of carbonyl (C=O) groups is 1. The van der Waals surface area contributed by atoms with Gasteiger partial charge in [0.05, 0.1) is 12.3 Å². The zero-order valence-corrected chi connectivity index (χ0v) is 11.5. The molecule has 0 unspecified atom stereocenters. The van der Waals surface area contributed by atoms with Crippen LogP contribution in [-0.2, 0) is 17.9 Å². The molecule has 1 heterocycles. The van der Waals surface area contributed by atoms with Gasteiger partial charge < -0.3 is 15.8 Å². The van der Waals surface area contributed by atoms with E-state index in [0.29, 0.717) is 23.7 Å². The average molecular weight is 276 g/mol. The molecule has 0 aliphatic rings. The monoisotopic (exact) mass is 276 g/mol. The van der Waals surface area contributed by atoms with Crippen molar-refractivity contribution in [2.45, 2.75) is 13.2 Å². The lowest BCUT2D eigenvalue weighted by Crippen LogP contribution is -2.22. The number of benzene rings is 1. The lowest BCUT2D eigenvalue weighted by atomic mass is 10.1. The quantitative estimate of drug-likeness (QED) is 0.881. The van der Waals surface area contributed by atoms with Crippen molar-refractivity contribution in [3.63, 3.8) is 0 Å². The SMILES string of the molecule is COCc1cccc(CNC(=O)c2sccc2N)c1. The lowest BCUT2D eigenvalue weighted by Gasteiger charge is -2.06. The van der Waals surface area contributed by atoms with Gasteiger partial charge in [-0.3, -0.25) is 4.79 Å². The number of nitrogen functional groups attached to an aromatic ring is 1. The number of nitrogens with two attached hydrogens (primary N) is 1. The second kappa shape index (κ2) is 6.36. The Hall–Kier alpha value is -1.85. The van der Waals surface area contributed by atoms with Crippen LogP contribution >= 0.6 is 11.3 Å². The van der Waals surface area contributed by atoms with E-state index in [1.165, 1.54) is 11.3 Å². The minimum absolute atomic E-state index is 0.135. The van der Waals surface area contributed by atoms with Crippen LogP contribution < -0.4 is 11.1 Å². The van der Waals surface area contributed by atoms with Crippen LogP contribution in [0.25, 0.3) is 0 Å². The number of anilines is 1. The molecule has 0 aliphatic heterocycles. The van der Waals surface area contributed by atoms with Gasteiger partial charge in [-0.1, -0.05) is 24.3 Å². The van der Waals surface area contributed by atoms with Gasteiger partial charge in [0.25, 0.3) is 5.91 Å². The molecule has 0 fully saturated rings. The summed E-state index contributed by atoms with van der Waals surface area (Å²) in [7, 11) is 1.66. The first kappa shape index (κ1) is 13.6. The van der Waals surface area contributed by atoms with Crippen LogP contribution in [0.4, 0.5) is 5.69 Å². The van der Waals surface area contributed by atoms with Crippen LogP contribution in [0.5, 0.6) is 0 Å². The van der Waals surface area contributed by atoms with Gasteiger partial charge in [0.15, 0.2) is 0 Å². The maximum Gasteiger partial charge on any atom is 0.263 e. The van der Waals surface area contributed by atoms with Crippen molar-refractivity contribution in [1.82, 2.24) is 5.32 Å². The molecule has 1 amide bonds. The number of nitrogens with one attached hydrogen (secondary N) is 1. The number of thiophene rings is 1. The number of ether oxygens (including phenoxy) is 1. The van der Waals surface area contributed by atoms with Crippen LogP contribution in [0.3, 0.4) is 0 Å². The molecule has 1 aromatic carbocycles. The van der Waals surface area contributed by atoms with Crippen LogP contribution in [0.15, 0.2) is 35.7 Å². The van der Waals surface area contributed by atoms with Gasteiger partial charge >= 0.3 is 0 Å². The molecule has 1 aromatic heterocycles. The Bertz CT molecular complexity index is 566. The van der Waals surface area contributed by atoms with E-state index < -0.39 is 0 Å². The molecular formula is C14H16N2O2S. The number of hydrogen-bond donors (Lipinski definition) is 2. The largest absolute Gasteiger partial charge is 0.397 e. The molecular weight excluding hydrogens is 260 g/mol. The Kier molecular flexibility index (Phi) is 4.54. The van der Waals surface area contributed by atoms with Crippen molar-refractivity contribution in [3.8, 4) is 0 Å². The highest BCUT2D eigenvalue weighted by atomic mass is 32.1. The van der Waals surface area contributed by atoms with Gasteiger partial charge in [0.1, 0.15) is 4.88 Å². The van der Waals surface area contributed by atoms with Crippen molar-refractivity contribution in [2.75, 3.05) is 12.8 Å². The molecule has 0 aliphatic carbocycles. The summed E-state index contributed by atoms with van der Waals surface area (Å²) in [6.45, 7) is 1.05. The van der Waals surface area contributed by atoms with E-state index >= 15 is 0 Å². The van der Waals surface area contributed by atoms with Crippen molar-refractivity contribution in [3.05, 3.63) is 51.7 Å². The summed E-state index contributed by atoms with van der Waals surface area (Å²) >= 11 is 1.35. The lowest BCUT2D eigenvalue weighted by molar-refractivity contribution is 0.0956. The molecule has 3 N–H and O–H groups in total. The van der Waals surface area contributed by atoms with E-state index in [0.717, 1.165) is 11.1 Å². The predicted octanol–water partition coefficient (Wildman–Crippen LogP) is 2.41. The molecule has 0 saturated carbocycles. The first-order valence-electron chi connectivity index (χ1n) is 5.88. The van der Waals surface area contributed by atoms with Gasteiger partial charge in [0.2, 0.25) is 0 Å². The van der Waals surface area contributed by atoms with E-state index in [2.05, 4.69) is 5.32 Å². The summed E-state index contributed by atoms with van der Waals surface area (Å²) < 4.78 is 5.08. The maximum atomic E-state index is 11.9. The second-order valence-electron chi connectivity index (χ2n) is 4.14. The van der Waals surface area contributed by atoms with Gasteiger partial charge in [-0.25, -0.2) is 0 Å². The smallest absolute Gasteiger partial charge is 0.263 e. The predicted molar refractivity (Wildman–Crippen MR) is 77.1 cm³/mol. The van der Waals surface area contributed by atoms with Gasteiger partial charge in [0, 0.05) is 13.7 Å². The third-order valence-corrected chi connectivity index (χ3v) is 3.59. The first-order chi connectivity index (χ1) is 9.20. The summed E-state index contributed by atoms with van der Waals surface area (Å²) in [6, 6.07) is 9.67. The average Bonchev–Trinajstić information content (AvgIpc) is 2.83. The first-order valence-corrected chi connectivity index (χ1v) is 6.76. The van der Waals surface area contributed by atoms with E-state index in [9.17, 15) is 4.79 Å². The Morgan fingerprint density at radius 2 is 2.16 bits per heavy atom. The zero-order chi connectivity index (χ0) is 13.7. The number of hydrogen-bond acceptors (Lipinski definition) is 4. The van der Waals surface area contributed by atoms with Crippen molar-refractivity contribution < 1.29 is 9.53 Å². The number of amides is 1. The fourth-order valence-electron chi connectivity index (χ4n) is 1.76. The van der Waals surface area contributed by atoms with Crippen LogP contribution in [0.2, 0.25) is 0 Å². The molecule has 0 saturated heterocycles. The Morgan fingerprint density at radius 3 is 2.84 bits per heavy atom. The topological polar surface area (TPSA) is 64.3 Å². The molecule has 2 aromatic rings. The van der Waals surface area contributed by atoms with E-state index in [1.807, 2.05) is 29.6 Å². The van der Waals surface area contributed by atoms with Gasteiger partial charge in [-0.2, -0.15) is 0 Å². The summed E-state index contributed by atoms with van der Waals surface area (Å²) in [5.41, 5.74) is 8.36. The van der Waals surface area contributed by atoms with Crippen LogP contribution in [0, 0.1) is 0 Å². The minimum atomic E-state index is -0.135. The number of methoxy groups -OCH3 is 1. The Morgan fingerprint density at radius 1 is 1.37 bits per heavy atom. The fourth-order valence-corrected chi connectivity index (χ4v) is 2.50. The fraction of sp³-hybridized carbons (Fsp3) is 0.214. The normalized spacial score (nSPS) is 10.4. The molecule has 0 atom stereocenters. The molecule has 100 valence electrons. The third-order valence-electron chi connectivity index (χ3n) is 2.66. The van der Waals surface area contributed by atoms with Crippen molar-refractivity contribution >= 4 is 22.9 Å². The van der Waals surface area contributed by atoms with Gasteiger partial charge in [-0.05, 0) is 22.6 Å². The summed E-state index contributed by atoms with van der Waals surface area (Å²) in [6.07, 6.45) is 0. The molecule has 4 nitrogen and oxygen atoms in total. The molecule has 0 bridgehead atoms. The Balaban J connectivity index is 1.97. The molecule has 0 spiro atoms. The minimum Gasteiger partial charge on any atom is -0.397 e.